The zero-order valence-corrected chi connectivity index (χ0v) is 16.5. The lowest BCUT2D eigenvalue weighted by Gasteiger charge is -2.18. The molecule has 0 radical (unpaired) electrons. The van der Waals surface area contributed by atoms with Crippen molar-refractivity contribution in [3.63, 3.8) is 0 Å². The first-order chi connectivity index (χ1) is 13.0. The Morgan fingerprint density at radius 1 is 1.37 bits per heavy atom. The van der Waals surface area contributed by atoms with Gasteiger partial charge in [-0.2, -0.15) is 0 Å². The number of rotatable bonds is 7. The summed E-state index contributed by atoms with van der Waals surface area (Å²) in [5.41, 5.74) is 1.50. The monoisotopic (exact) mass is 389 g/mol. The van der Waals surface area contributed by atoms with E-state index in [4.69, 9.17) is 9.47 Å². The van der Waals surface area contributed by atoms with Crippen molar-refractivity contribution in [2.45, 2.75) is 32.2 Å². The summed E-state index contributed by atoms with van der Waals surface area (Å²) < 4.78 is 10.6. The van der Waals surface area contributed by atoms with Crippen LogP contribution in [0.5, 0.6) is 11.5 Å². The van der Waals surface area contributed by atoms with Gasteiger partial charge in [0, 0.05) is 23.9 Å². The number of hydrogen-bond donors (Lipinski definition) is 1. The minimum absolute atomic E-state index is 0.0964. The molecule has 3 rings (SSSR count). The van der Waals surface area contributed by atoms with Crippen molar-refractivity contribution in [2.75, 3.05) is 25.7 Å². The quantitative estimate of drug-likeness (QED) is 0.787. The van der Waals surface area contributed by atoms with Crippen LogP contribution in [-0.4, -0.2) is 37.6 Å². The van der Waals surface area contributed by atoms with Gasteiger partial charge in [-0.15, -0.1) is 11.3 Å². The van der Waals surface area contributed by atoms with Gasteiger partial charge in [0.05, 0.1) is 32.4 Å². The highest BCUT2D eigenvalue weighted by atomic mass is 32.1. The van der Waals surface area contributed by atoms with E-state index >= 15 is 0 Å². The van der Waals surface area contributed by atoms with Gasteiger partial charge in [-0.3, -0.25) is 14.5 Å². The molecule has 1 fully saturated rings. The molecule has 7 nitrogen and oxygen atoms in total. The molecule has 0 aliphatic carbocycles. The molecule has 2 aromatic rings. The number of carbonyl (C=O) groups excluding carboxylic acids is 2. The first-order valence-corrected chi connectivity index (χ1v) is 9.66. The van der Waals surface area contributed by atoms with Gasteiger partial charge in [0.15, 0.2) is 5.13 Å². The van der Waals surface area contributed by atoms with Crippen molar-refractivity contribution < 1.29 is 19.1 Å². The fourth-order valence-electron chi connectivity index (χ4n) is 3.06. The molecule has 144 valence electrons. The van der Waals surface area contributed by atoms with Gasteiger partial charge in [0.2, 0.25) is 11.8 Å². The summed E-state index contributed by atoms with van der Waals surface area (Å²) in [5.74, 6) is 1.34. The van der Waals surface area contributed by atoms with E-state index in [-0.39, 0.29) is 24.3 Å². The molecular weight excluding hydrogens is 366 g/mol. The number of amides is 2. The smallest absolute Gasteiger partial charge is 0.228 e. The number of ether oxygens (including phenoxy) is 2. The molecule has 1 aliphatic rings. The first kappa shape index (κ1) is 19.2. The fourth-order valence-corrected chi connectivity index (χ4v) is 3.93. The molecule has 1 saturated heterocycles. The van der Waals surface area contributed by atoms with Crippen molar-refractivity contribution >= 4 is 28.3 Å². The van der Waals surface area contributed by atoms with Gasteiger partial charge in [-0.25, -0.2) is 4.98 Å². The average Bonchev–Trinajstić information content (AvgIpc) is 3.29. The molecule has 2 amide bonds. The number of aromatic nitrogens is 1. The number of nitrogens with zero attached hydrogens (tertiary/aromatic N) is 2. The van der Waals surface area contributed by atoms with Gasteiger partial charge in [-0.1, -0.05) is 0 Å². The number of thiazole rings is 1. The van der Waals surface area contributed by atoms with Gasteiger partial charge in [0.25, 0.3) is 0 Å². The van der Waals surface area contributed by atoms with Crippen LogP contribution in [0.1, 0.15) is 37.1 Å². The summed E-state index contributed by atoms with van der Waals surface area (Å²) in [6, 6.07) is 5.23. The van der Waals surface area contributed by atoms with Crippen molar-refractivity contribution in [3.8, 4) is 11.5 Å². The fraction of sp³-hybridized carbons (Fsp3) is 0.421. The van der Waals surface area contributed by atoms with Crippen molar-refractivity contribution in [2.24, 2.45) is 0 Å². The lowest BCUT2D eigenvalue weighted by Crippen LogP contribution is -2.28. The molecule has 8 heteroatoms. The average molecular weight is 389 g/mol. The Morgan fingerprint density at radius 3 is 2.85 bits per heavy atom. The zero-order chi connectivity index (χ0) is 19.4. The number of methoxy groups -OCH3 is 2. The highest BCUT2D eigenvalue weighted by Crippen LogP contribution is 2.29. The first-order valence-electron chi connectivity index (χ1n) is 8.78. The zero-order valence-electron chi connectivity index (χ0n) is 15.7. The van der Waals surface area contributed by atoms with Crippen LogP contribution in [0.3, 0.4) is 0 Å². The summed E-state index contributed by atoms with van der Waals surface area (Å²) in [5, 5.41) is 5.47. The number of nitrogens with one attached hydrogen (secondary N) is 1. The molecule has 1 aromatic heterocycles. The van der Waals surface area contributed by atoms with Crippen molar-refractivity contribution in [1.82, 2.24) is 10.3 Å². The molecule has 1 aliphatic heterocycles. The van der Waals surface area contributed by atoms with Crippen LogP contribution in [0.4, 0.5) is 5.13 Å². The van der Waals surface area contributed by atoms with Gasteiger partial charge in [0.1, 0.15) is 11.5 Å². The Morgan fingerprint density at radius 2 is 2.19 bits per heavy atom. The van der Waals surface area contributed by atoms with E-state index < -0.39 is 0 Å². The lowest BCUT2D eigenvalue weighted by molar-refractivity contribution is -0.121. The van der Waals surface area contributed by atoms with Gasteiger partial charge in [-0.05, 0) is 31.5 Å². The summed E-state index contributed by atoms with van der Waals surface area (Å²) in [6.07, 6.45) is 1.58. The minimum atomic E-state index is -0.249. The van der Waals surface area contributed by atoms with Crippen LogP contribution in [0, 0.1) is 0 Å². The van der Waals surface area contributed by atoms with Crippen LogP contribution in [0.2, 0.25) is 0 Å². The molecule has 0 unspecified atom stereocenters. The van der Waals surface area contributed by atoms with E-state index in [1.807, 2.05) is 30.5 Å². The highest BCUT2D eigenvalue weighted by Gasteiger charge is 2.24. The van der Waals surface area contributed by atoms with Crippen molar-refractivity contribution in [3.05, 3.63) is 34.8 Å². The maximum absolute atomic E-state index is 12.4. The van der Waals surface area contributed by atoms with Crippen LogP contribution < -0.4 is 19.7 Å². The summed E-state index contributed by atoms with van der Waals surface area (Å²) in [4.78, 5) is 30.4. The Bertz CT molecular complexity index is 836. The Balaban J connectivity index is 1.64. The van der Waals surface area contributed by atoms with Crippen LogP contribution >= 0.6 is 11.3 Å². The van der Waals surface area contributed by atoms with Crippen LogP contribution in [0.15, 0.2) is 23.6 Å². The van der Waals surface area contributed by atoms with E-state index in [1.54, 1.807) is 19.1 Å². The van der Waals surface area contributed by atoms with Crippen LogP contribution in [-0.2, 0) is 16.0 Å². The number of carbonyl (C=O) groups is 2. The van der Waals surface area contributed by atoms with E-state index in [0.29, 0.717) is 35.3 Å². The molecular formula is C19H23N3O4S. The second kappa shape index (κ2) is 8.39. The molecule has 1 atom stereocenters. The maximum Gasteiger partial charge on any atom is 0.228 e. The van der Waals surface area contributed by atoms with Crippen LogP contribution in [0.25, 0.3) is 0 Å². The standard InChI is InChI=1S/C19H23N3O4S/c1-12(15-10-14(25-2)6-7-16(15)26-3)20-17(23)9-13-11-27-19(21-13)22-8-4-5-18(22)24/h6-7,10-12H,4-5,8-9H2,1-3H3,(H,20,23)/t12-/m1/s1. The Kier molecular flexibility index (Phi) is 5.95. The molecule has 0 spiro atoms. The molecule has 27 heavy (non-hydrogen) atoms. The molecule has 1 aromatic carbocycles. The Hall–Kier alpha value is -2.61. The van der Waals surface area contributed by atoms with E-state index in [2.05, 4.69) is 10.3 Å². The second-order valence-electron chi connectivity index (χ2n) is 6.34. The van der Waals surface area contributed by atoms with E-state index in [9.17, 15) is 9.59 Å². The second-order valence-corrected chi connectivity index (χ2v) is 7.18. The number of hydrogen-bond acceptors (Lipinski definition) is 6. The largest absolute Gasteiger partial charge is 0.497 e. The van der Waals surface area contributed by atoms with E-state index in [1.165, 1.54) is 11.3 Å². The predicted octanol–water partition coefficient (Wildman–Crippen LogP) is 2.71. The van der Waals surface area contributed by atoms with Crippen molar-refractivity contribution in [1.29, 1.82) is 0 Å². The van der Waals surface area contributed by atoms with Gasteiger partial charge >= 0.3 is 0 Å². The third-order valence-electron chi connectivity index (χ3n) is 4.47. The third-order valence-corrected chi connectivity index (χ3v) is 5.38. The Labute approximate surface area is 162 Å². The topological polar surface area (TPSA) is 80.8 Å². The number of anilines is 1. The molecule has 0 bridgehead atoms. The molecule has 0 saturated carbocycles. The summed E-state index contributed by atoms with van der Waals surface area (Å²) in [6.45, 7) is 2.59. The number of benzene rings is 1. The predicted molar refractivity (Wildman–Crippen MR) is 104 cm³/mol. The SMILES string of the molecule is COc1ccc(OC)c([C@@H](C)NC(=O)Cc2csc(N3CCCC3=O)n2)c1. The minimum Gasteiger partial charge on any atom is -0.497 e. The highest BCUT2D eigenvalue weighted by molar-refractivity contribution is 7.14. The lowest BCUT2D eigenvalue weighted by atomic mass is 10.1. The summed E-state index contributed by atoms with van der Waals surface area (Å²) in [7, 11) is 3.19. The normalized spacial score (nSPS) is 14.9. The van der Waals surface area contributed by atoms with Gasteiger partial charge < -0.3 is 14.8 Å². The summed E-state index contributed by atoms with van der Waals surface area (Å²) >= 11 is 1.40. The van der Waals surface area contributed by atoms with E-state index in [0.717, 1.165) is 12.0 Å². The maximum atomic E-state index is 12.4. The molecule has 1 N–H and O–H groups in total. The third kappa shape index (κ3) is 4.39. The molecule has 2 heterocycles.